The van der Waals surface area contributed by atoms with Gasteiger partial charge in [0.25, 0.3) is 0 Å². The van der Waals surface area contributed by atoms with Gasteiger partial charge in [-0.05, 0) is 29.8 Å². The number of rotatable bonds is 5. The van der Waals surface area contributed by atoms with Crippen molar-refractivity contribution in [3.05, 3.63) is 54.1 Å². The van der Waals surface area contributed by atoms with Gasteiger partial charge in [0.1, 0.15) is 11.5 Å². The van der Waals surface area contributed by atoms with Crippen LogP contribution in [0.2, 0.25) is 0 Å². The van der Waals surface area contributed by atoms with E-state index in [4.69, 9.17) is 15.2 Å². The topological polar surface area (TPSA) is 68.9 Å². The number of anilines is 1. The largest absolute Gasteiger partial charge is 0.497 e. The minimum Gasteiger partial charge on any atom is -0.497 e. The van der Waals surface area contributed by atoms with Gasteiger partial charge in [-0.25, -0.2) is 4.99 Å². The van der Waals surface area contributed by atoms with Gasteiger partial charge in [0, 0.05) is 11.8 Å². The molecule has 3 N–H and O–H groups in total. The Balaban J connectivity index is 1.96. The SMILES string of the molecule is COc1ccc(CN=C(N)Nc2cccc(OC)c2)cc1. The number of hydrogen-bond acceptors (Lipinski definition) is 3. The Morgan fingerprint density at radius 3 is 2.43 bits per heavy atom. The van der Waals surface area contributed by atoms with Crippen molar-refractivity contribution < 1.29 is 9.47 Å². The number of aliphatic imine (C=N–C) groups is 1. The molecule has 0 amide bonds. The number of hydrogen-bond donors (Lipinski definition) is 2. The molecule has 5 heteroatoms. The van der Waals surface area contributed by atoms with Crippen molar-refractivity contribution in [1.29, 1.82) is 0 Å². The number of methoxy groups -OCH3 is 2. The van der Waals surface area contributed by atoms with Crippen molar-refractivity contribution in [3.8, 4) is 11.5 Å². The molecule has 0 fully saturated rings. The molecule has 0 spiro atoms. The van der Waals surface area contributed by atoms with Crippen LogP contribution in [-0.2, 0) is 6.54 Å². The third kappa shape index (κ3) is 4.42. The fraction of sp³-hybridized carbons (Fsp3) is 0.188. The maximum Gasteiger partial charge on any atom is 0.193 e. The maximum atomic E-state index is 5.87. The zero-order valence-corrected chi connectivity index (χ0v) is 12.2. The van der Waals surface area contributed by atoms with Crippen LogP contribution in [0.1, 0.15) is 5.56 Å². The summed E-state index contributed by atoms with van der Waals surface area (Å²) in [5.41, 5.74) is 7.77. The molecule has 0 radical (unpaired) electrons. The molecule has 2 rings (SSSR count). The molecule has 0 unspecified atom stereocenters. The average Bonchev–Trinajstić information content (AvgIpc) is 2.53. The van der Waals surface area contributed by atoms with Crippen LogP contribution in [0.25, 0.3) is 0 Å². The Kier molecular flexibility index (Phi) is 5.04. The molecular formula is C16H19N3O2. The molecule has 5 nitrogen and oxygen atoms in total. The number of guanidine groups is 1. The van der Waals surface area contributed by atoms with Crippen molar-refractivity contribution in [2.75, 3.05) is 19.5 Å². The van der Waals surface area contributed by atoms with Gasteiger partial charge in [-0.2, -0.15) is 0 Å². The van der Waals surface area contributed by atoms with E-state index in [1.165, 1.54) is 0 Å². The Morgan fingerprint density at radius 1 is 1.05 bits per heavy atom. The van der Waals surface area contributed by atoms with Crippen molar-refractivity contribution in [3.63, 3.8) is 0 Å². The normalized spacial score (nSPS) is 11.0. The lowest BCUT2D eigenvalue weighted by Gasteiger charge is -2.07. The van der Waals surface area contributed by atoms with Gasteiger partial charge in [0.05, 0.1) is 20.8 Å². The van der Waals surface area contributed by atoms with Crippen LogP contribution in [0.15, 0.2) is 53.5 Å². The van der Waals surface area contributed by atoms with Crippen LogP contribution in [0, 0.1) is 0 Å². The van der Waals surface area contributed by atoms with Crippen LogP contribution < -0.4 is 20.5 Å². The molecule has 0 heterocycles. The van der Waals surface area contributed by atoms with E-state index in [1.54, 1.807) is 14.2 Å². The van der Waals surface area contributed by atoms with E-state index in [1.807, 2.05) is 48.5 Å². The second-order valence-corrected chi connectivity index (χ2v) is 4.41. The highest BCUT2D eigenvalue weighted by molar-refractivity contribution is 5.92. The molecule has 110 valence electrons. The summed E-state index contributed by atoms with van der Waals surface area (Å²) in [7, 11) is 3.27. The highest BCUT2D eigenvalue weighted by Gasteiger charge is 1.98. The number of nitrogens with zero attached hydrogens (tertiary/aromatic N) is 1. The highest BCUT2D eigenvalue weighted by Crippen LogP contribution is 2.16. The number of nitrogens with one attached hydrogen (secondary N) is 1. The Bertz CT molecular complexity index is 609. The fourth-order valence-corrected chi connectivity index (χ4v) is 1.80. The Labute approximate surface area is 124 Å². The third-order valence-electron chi connectivity index (χ3n) is 2.93. The smallest absolute Gasteiger partial charge is 0.193 e. The van der Waals surface area contributed by atoms with Crippen LogP contribution in [-0.4, -0.2) is 20.2 Å². The number of benzene rings is 2. The summed E-state index contributed by atoms with van der Waals surface area (Å²) in [5.74, 6) is 1.95. The predicted octanol–water partition coefficient (Wildman–Crippen LogP) is 2.63. The first kappa shape index (κ1) is 14.7. The lowest BCUT2D eigenvalue weighted by atomic mass is 10.2. The first-order valence-corrected chi connectivity index (χ1v) is 6.55. The summed E-state index contributed by atoms with van der Waals surface area (Å²) in [6.07, 6.45) is 0. The molecule has 0 aliphatic rings. The number of ether oxygens (including phenoxy) is 2. The van der Waals surface area contributed by atoms with Crippen molar-refractivity contribution in [2.45, 2.75) is 6.54 Å². The minimum atomic E-state index is 0.360. The summed E-state index contributed by atoms with van der Waals surface area (Å²) in [6, 6.07) is 15.2. The minimum absolute atomic E-state index is 0.360. The summed E-state index contributed by atoms with van der Waals surface area (Å²) in [4.78, 5) is 4.30. The van der Waals surface area contributed by atoms with Crippen LogP contribution in [0.4, 0.5) is 5.69 Å². The molecule has 0 aliphatic heterocycles. The van der Waals surface area contributed by atoms with E-state index in [0.29, 0.717) is 12.5 Å². The molecule has 2 aromatic carbocycles. The second-order valence-electron chi connectivity index (χ2n) is 4.41. The standard InChI is InChI=1S/C16H19N3O2/c1-20-14-8-6-12(7-9-14)11-18-16(17)19-13-4-3-5-15(10-13)21-2/h3-10H,11H2,1-2H3,(H3,17,18,19). The van der Waals surface area contributed by atoms with E-state index in [0.717, 1.165) is 22.7 Å². The summed E-state index contributed by atoms with van der Waals surface area (Å²) >= 11 is 0. The highest BCUT2D eigenvalue weighted by atomic mass is 16.5. The molecular weight excluding hydrogens is 266 g/mol. The Morgan fingerprint density at radius 2 is 1.76 bits per heavy atom. The van der Waals surface area contributed by atoms with Gasteiger partial charge >= 0.3 is 0 Å². The van der Waals surface area contributed by atoms with E-state index in [2.05, 4.69) is 10.3 Å². The molecule has 2 aromatic rings. The average molecular weight is 285 g/mol. The second kappa shape index (κ2) is 7.19. The van der Waals surface area contributed by atoms with E-state index in [9.17, 15) is 0 Å². The van der Waals surface area contributed by atoms with Gasteiger partial charge in [0.15, 0.2) is 5.96 Å². The predicted molar refractivity (Wildman–Crippen MR) is 84.9 cm³/mol. The van der Waals surface area contributed by atoms with Crippen LogP contribution >= 0.6 is 0 Å². The zero-order valence-electron chi connectivity index (χ0n) is 12.2. The summed E-state index contributed by atoms with van der Waals surface area (Å²) < 4.78 is 10.3. The van der Waals surface area contributed by atoms with Gasteiger partial charge in [-0.1, -0.05) is 18.2 Å². The molecule has 0 bridgehead atoms. The first-order valence-electron chi connectivity index (χ1n) is 6.55. The fourth-order valence-electron chi connectivity index (χ4n) is 1.80. The summed E-state index contributed by atoms with van der Waals surface area (Å²) in [5, 5.41) is 3.03. The van der Waals surface area contributed by atoms with Gasteiger partial charge in [0.2, 0.25) is 0 Å². The van der Waals surface area contributed by atoms with Crippen molar-refractivity contribution >= 4 is 11.6 Å². The van der Waals surface area contributed by atoms with E-state index < -0.39 is 0 Å². The van der Waals surface area contributed by atoms with Gasteiger partial charge < -0.3 is 20.5 Å². The Hall–Kier alpha value is -2.69. The molecule has 0 aromatic heterocycles. The van der Waals surface area contributed by atoms with E-state index >= 15 is 0 Å². The molecule has 0 atom stereocenters. The zero-order chi connectivity index (χ0) is 15.1. The third-order valence-corrected chi connectivity index (χ3v) is 2.93. The monoisotopic (exact) mass is 285 g/mol. The van der Waals surface area contributed by atoms with Gasteiger partial charge in [-0.15, -0.1) is 0 Å². The van der Waals surface area contributed by atoms with Crippen LogP contribution in [0.3, 0.4) is 0 Å². The van der Waals surface area contributed by atoms with E-state index in [-0.39, 0.29) is 0 Å². The number of nitrogens with two attached hydrogens (primary N) is 1. The van der Waals surface area contributed by atoms with Crippen molar-refractivity contribution in [1.82, 2.24) is 0 Å². The molecule has 0 saturated heterocycles. The lowest BCUT2D eigenvalue weighted by Crippen LogP contribution is -2.22. The summed E-state index contributed by atoms with van der Waals surface area (Å²) in [6.45, 7) is 0.507. The first-order chi connectivity index (χ1) is 10.2. The lowest BCUT2D eigenvalue weighted by molar-refractivity contribution is 0.414. The maximum absolute atomic E-state index is 5.87. The quantitative estimate of drug-likeness (QED) is 0.654. The molecule has 21 heavy (non-hydrogen) atoms. The molecule has 0 aliphatic carbocycles. The van der Waals surface area contributed by atoms with Gasteiger partial charge in [-0.3, -0.25) is 0 Å². The van der Waals surface area contributed by atoms with Crippen LogP contribution in [0.5, 0.6) is 11.5 Å². The molecule has 0 saturated carbocycles. The van der Waals surface area contributed by atoms with Crippen molar-refractivity contribution in [2.24, 2.45) is 10.7 Å².